The van der Waals surface area contributed by atoms with Gasteiger partial charge in [0.25, 0.3) is 0 Å². The fraction of sp³-hybridized carbons (Fsp3) is 0.917. The molecule has 1 fully saturated rings. The molecule has 1 amide bonds. The molecule has 8 heteroatoms. The maximum Gasteiger partial charge on any atom is 0.422 e. The number of carbonyl (C=O) groups is 1. The van der Waals surface area contributed by atoms with Gasteiger partial charge in [0.1, 0.15) is 5.60 Å². The molecule has 1 N–H and O–H groups in total. The van der Waals surface area contributed by atoms with E-state index in [9.17, 15) is 13.2 Å². The molecule has 0 spiro atoms. The van der Waals surface area contributed by atoms with Crippen LogP contribution in [0, 0.1) is 0 Å². The molecule has 0 aromatic rings. The van der Waals surface area contributed by atoms with Crippen LogP contribution in [0.15, 0.2) is 0 Å². The summed E-state index contributed by atoms with van der Waals surface area (Å²) in [5.74, 6) is 0. The molecule has 1 rings (SSSR count). The van der Waals surface area contributed by atoms with E-state index >= 15 is 0 Å². The molecule has 0 aromatic carbocycles. The summed E-state index contributed by atoms with van der Waals surface area (Å²) in [5.41, 5.74) is -0.725. The van der Waals surface area contributed by atoms with Crippen molar-refractivity contribution < 1.29 is 17.9 Å². The molecule has 118 valence electrons. The summed E-state index contributed by atoms with van der Waals surface area (Å²) in [6.45, 7) is 5.85. The van der Waals surface area contributed by atoms with Crippen LogP contribution in [0.1, 0.15) is 33.6 Å². The van der Waals surface area contributed by atoms with Gasteiger partial charge in [0.2, 0.25) is 0 Å². The van der Waals surface area contributed by atoms with Gasteiger partial charge in [0.15, 0.2) is 0 Å². The quantitative estimate of drug-likeness (QED) is 0.833. The van der Waals surface area contributed by atoms with Crippen molar-refractivity contribution in [1.29, 1.82) is 0 Å². The SMILES string of the molecule is CN(C)C1CCN(S(=O)(=O)NC(=O)OC(C)(C)C)CC1. The van der Waals surface area contributed by atoms with Gasteiger partial charge in [0, 0.05) is 19.1 Å². The van der Waals surface area contributed by atoms with Crippen molar-refractivity contribution in [3.05, 3.63) is 0 Å². The highest BCUT2D eigenvalue weighted by atomic mass is 32.2. The Morgan fingerprint density at radius 1 is 1.25 bits per heavy atom. The first-order chi connectivity index (χ1) is 9.01. The van der Waals surface area contributed by atoms with Crippen LogP contribution in [0.3, 0.4) is 0 Å². The molecule has 0 aromatic heterocycles. The summed E-state index contributed by atoms with van der Waals surface area (Å²) in [5, 5.41) is 0. The van der Waals surface area contributed by atoms with Gasteiger partial charge in [-0.25, -0.2) is 9.52 Å². The van der Waals surface area contributed by atoms with Crippen LogP contribution >= 0.6 is 0 Å². The number of nitrogens with zero attached hydrogens (tertiary/aromatic N) is 2. The lowest BCUT2D eigenvalue weighted by molar-refractivity contribution is 0.0566. The summed E-state index contributed by atoms with van der Waals surface area (Å²) in [6.07, 6.45) is 0.567. The fourth-order valence-electron chi connectivity index (χ4n) is 2.07. The number of hydrogen-bond acceptors (Lipinski definition) is 5. The van der Waals surface area contributed by atoms with Crippen molar-refractivity contribution in [2.75, 3.05) is 27.2 Å². The molecule has 0 unspecified atom stereocenters. The molecular formula is C12H25N3O4S. The van der Waals surface area contributed by atoms with Crippen molar-refractivity contribution in [3.63, 3.8) is 0 Å². The highest BCUT2D eigenvalue weighted by molar-refractivity contribution is 7.87. The Labute approximate surface area is 121 Å². The summed E-state index contributed by atoms with van der Waals surface area (Å²) >= 11 is 0. The van der Waals surface area contributed by atoms with E-state index in [1.165, 1.54) is 4.31 Å². The van der Waals surface area contributed by atoms with Crippen LogP contribution in [-0.2, 0) is 14.9 Å². The van der Waals surface area contributed by atoms with Crippen LogP contribution < -0.4 is 4.72 Å². The Bertz CT molecular complexity index is 434. The average Bonchev–Trinajstić information content (AvgIpc) is 2.25. The Morgan fingerprint density at radius 2 is 1.75 bits per heavy atom. The lowest BCUT2D eigenvalue weighted by atomic mass is 10.1. The highest BCUT2D eigenvalue weighted by Crippen LogP contribution is 2.16. The van der Waals surface area contributed by atoms with E-state index in [0.717, 1.165) is 12.8 Å². The molecule has 0 atom stereocenters. The zero-order valence-electron chi connectivity index (χ0n) is 12.8. The first-order valence-electron chi connectivity index (χ1n) is 6.68. The molecule has 0 saturated carbocycles. The number of rotatable bonds is 3. The predicted octanol–water partition coefficient (Wildman–Crippen LogP) is 0.782. The molecule has 1 heterocycles. The third-order valence-corrected chi connectivity index (χ3v) is 4.57. The van der Waals surface area contributed by atoms with E-state index in [0.29, 0.717) is 19.1 Å². The second kappa shape index (κ2) is 6.28. The predicted molar refractivity (Wildman–Crippen MR) is 76.6 cm³/mol. The van der Waals surface area contributed by atoms with Crippen LogP contribution in [0.5, 0.6) is 0 Å². The Balaban J connectivity index is 2.56. The van der Waals surface area contributed by atoms with Gasteiger partial charge in [-0.1, -0.05) is 0 Å². The number of nitrogens with one attached hydrogen (secondary N) is 1. The van der Waals surface area contributed by atoms with Crippen molar-refractivity contribution in [2.45, 2.75) is 45.3 Å². The summed E-state index contributed by atoms with van der Waals surface area (Å²) in [7, 11) is 0.146. The molecule has 0 radical (unpaired) electrons. The molecule has 20 heavy (non-hydrogen) atoms. The van der Waals surface area contributed by atoms with E-state index in [1.54, 1.807) is 20.8 Å². The van der Waals surface area contributed by atoms with Crippen molar-refractivity contribution >= 4 is 16.3 Å². The minimum atomic E-state index is -3.81. The van der Waals surface area contributed by atoms with E-state index in [2.05, 4.69) is 4.90 Å². The molecule has 7 nitrogen and oxygen atoms in total. The second-order valence-electron chi connectivity index (χ2n) is 6.20. The van der Waals surface area contributed by atoms with Gasteiger partial charge in [-0.2, -0.15) is 12.7 Å². The number of hydrogen-bond donors (Lipinski definition) is 1. The second-order valence-corrected chi connectivity index (χ2v) is 7.87. The molecule has 1 aliphatic heterocycles. The first-order valence-corrected chi connectivity index (χ1v) is 8.12. The zero-order chi connectivity index (χ0) is 15.6. The standard InChI is InChI=1S/C12H25N3O4S/c1-12(2,3)19-11(16)13-20(17,18)15-8-6-10(7-9-15)14(4)5/h10H,6-9H2,1-5H3,(H,13,16). The Morgan fingerprint density at radius 3 is 2.15 bits per heavy atom. The van der Waals surface area contributed by atoms with Gasteiger partial charge in [-0.15, -0.1) is 0 Å². The Kier molecular flexibility index (Phi) is 5.39. The minimum Gasteiger partial charge on any atom is -0.443 e. The van der Waals surface area contributed by atoms with Crippen LogP contribution in [0.4, 0.5) is 4.79 Å². The number of piperidine rings is 1. The van der Waals surface area contributed by atoms with E-state index in [4.69, 9.17) is 4.74 Å². The zero-order valence-corrected chi connectivity index (χ0v) is 13.7. The molecule has 1 aliphatic rings. The summed E-state index contributed by atoms with van der Waals surface area (Å²) < 4.78 is 32.3. The van der Waals surface area contributed by atoms with Gasteiger partial charge in [0.05, 0.1) is 0 Å². The number of ether oxygens (including phenoxy) is 1. The van der Waals surface area contributed by atoms with Gasteiger partial charge < -0.3 is 9.64 Å². The molecule has 0 bridgehead atoms. The molecule has 0 aliphatic carbocycles. The van der Waals surface area contributed by atoms with Crippen LogP contribution in [0.2, 0.25) is 0 Å². The van der Waals surface area contributed by atoms with Gasteiger partial charge in [-0.05, 0) is 47.7 Å². The van der Waals surface area contributed by atoms with E-state index < -0.39 is 21.9 Å². The highest BCUT2D eigenvalue weighted by Gasteiger charge is 2.31. The van der Waals surface area contributed by atoms with Crippen LogP contribution in [0.25, 0.3) is 0 Å². The van der Waals surface area contributed by atoms with E-state index in [-0.39, 0.29) is 0 Å². The Hall–Kier alpha value is -0.860. The van der Waals surface area contributed by atoms with Crippen LogP contribution in [-0.4, -0.2) is 62.5 Å². The maximum atomic E-state index is 12.1. The van der Waals surface area contributed by atoms with Crippen molar-refractivity contribution in [2.24, 2.45) is 0 Å². The summed E-state index contributed by atoms with van der Waals surface area (Å²) in [4.78, 5) is 13.6. The van der Waals surface area contributed by atoms with Gasteiger partial charge in [-0.3, -0.25) is 0 Å². The number of carbonyl (C=O) groups excluding carboxylic acids is 1. The lowest BCUT2D eigenvalue weighted by Gasteiger charge is -2.34. The third kappa shape index (κ3) is 5.26. The maximum absolute atomic E-state index is 12.1. The molecular weight excluding hydrogens is 282 g/mol. The topological polar surface area (TPSA) is 79.0 Å². The van der Waals surface area contributed by atoms with Crippen molar-refractivity contribution in [3.8, 4) is 0 Å². The van der Waals surface area contributed by atoms with Gasteiger partial charge >= 0.3 is 16.3 Å². The minimum absolute atomic E-state index is 0.378. The first kappa shape index (κ1) is 17.2. The largest absolute Gasteiger partial charge is 0.443 e. The monoisotopic (exact) mass is 307 g/mol. The third-order valence-electron chi connectivity index (χ3n) is 3.10. The average molecular weight is 307 g/mol. The fourth-order valence-corrected chi connectivity index (χ4v) is 3.14. The smallest absolute Gasteiger partial charge is 0.422 e. The lowest BCUT2D eigenvalue weighted by Crippen LogP contribution is -2.50. The normalized spacial score (nSPS) is 19.1. The van der Waals surface area contributed by atoms with E-state index in [1.807, 2.05) is 18.8 Å². The molecule has 1 saturated heterocycles. The summed E-state index contributed by atoms with van der Waals surface area (Å²) in [6, 6.07) is 0.378. The number of amides is 1. The van der Waals surface area contributed by atoms with Crippen molar-refractivity contribution in [1.82, 2.24) is 13.9 Å².